The third-order valence-corrected chi connectivity index (χ3v) is 5.15. The van der Waals surface area contributed by atoms with E-state index in [4.69, 9.17) is 8.85 Å². The maximum atomic E-state index is 5.35. The Labute approximate surface area is 112 Å². The molecular formula is C14H23NO2Si. The first-order chi connectivity index (χ1) is 8.67. The highest BCUT2D eigenvalue weighted by Gasteiger charge is 2.18. The Hall–Kier alpha value is -0.973. The molecule has 0 heterocycles. The third-order valence-electron chi connectivity index (χ3n) is 2.96. The van der Waals surface area contributed by atoms with Crippen LogP contribution in [0, 0.1) is 6.92 Å². The highest BCUT2D eigenvalue weighted by Crippen LogP contribution is 2.15. The lowest BCUT2D eigenvalue weighted by molar-refractivity contribution is 0.265. The molecule has 0 aliphatic heterocycles. The molecular weight excluding hydrogens is 242 g/mol. The van der Waals surface area contributed by atoms with Gasteiger partial charge in [0.15, 0.2) is 0 Å². The van der Waals surface area contributed by atoms with E-state index in [1.54, 1.807) is 14.2 Å². The largest absolute Gasteiger partial charge is 0.400 e. The van der Waals surface area contributed by atoms with E-state index < -0.39 is 9.28 Å². The Balaban J connectivity index is 2.35. The molecule has 0 aliphatic rings. The SMILES string of the molecule is CO[SiH](OC)C(C)CCN=Cc1ccc(C)cc1. The third kappa shape index (κ3) is 5.12. The molecule has 1 unspecified atom stereocenters. The summed E-state index contributed by atoms with van der Waals surface area (Å²) in [5, 5.41) is 0. The summed E-state index contributed by atoms with van der Waals surface area (Å²) < 4.78 is 10.7. The van der Waals surface area contributed by atoms with Gasteiger partial charge in [0.05, 0.1) is 0 Å². The van der Waals surface area contributed by atoms with Crippen molar-refractivity contribution in [2.75, 3.05) is 20.8 Å². The number of aryl methyl sites for hydroxylation is 1. The summed E-state index contributed by atoms with van der Waals surface area (Å²) in [6, 6.07) is 8.37. The molecule has 1 aromatic carbocycles. The minimum absolute atomic E-state index is 0.482. The van der Waals surface area contributed by atoms with Crippen molar-refractivity contribution in [3.05, 3.63) is 35.4 Å². The Morgan fingerprint density at radius 2 is 1.83 bits per heavy atom. The van der Waals surface area contributed by atoms with Gasteiger partial charge in [0.25, 0.3) is 0 Å². The summed E-state index contributed by atoms with van der Waals surface area (Å²) in [5.74, 6) is 0. The molecule has 0 radical (unpaired) electrons. The lowest BCUT2D eigenvalue weighted by atomic mass is 10.2. The molecule has 100 valence electrons. The predicted octanol–water partition coefficient (Wildman–Crippen LogP) is 2.71. The minimum Gasteiger partial charge on any atom is -0.400 e. The fourth-order valence-electron chi connectivity index (χ4n) is 1.80. The van der Waals surface area contributed by atoms with E-state index in [0.717, 1.165) is 18.5 Å². The second kappa shape index (κ2) is 8.19. The average molecular weight is 265 g/mol. The van der Waals surface area contributed by atoms with E-state index >= 15 is 0 Å². The van der Waals surface area contributed by atoms with Gasteiger partial charge in [-0.15, -0.1) is 0 Å². The minimum atomic E-state index is -1.48. The number of aliphatic imine (C=N–C) groups is 1. The summed E-state index contributed by atoms with van der Waals surface area (Å²) in [6.07, 6.45) is 2.95. The standard InChI is InChI=1S/C14H23NO2Si/c1-12-5-7-14(8-6-12)11-15-10-9-13(2)18(16-3)17-4/h5-8,11,13,18H,9-10H2,1-4H3. The average Bonchev–Trinajstić information content (AvgIpc) is 2.38. The zero-order valence-corrected chi connectivity index (χ0v) is 12.9. The van der Waals surface area contributed by atoms with Crippen LogP contribution in [-0.2, 0) is 8.85 Å². The number of benzene rings is 1. The van der Waals surface area contributed by atoms with Gasteiger partial charge in [-0.1, -0.05) is 36.8 Å². The normalized spacial score (nSPS) is 13.4. The van der Waals surface area contributed by atoms with Gasteiger partial charge in [-0.05, 0) is 24.4 Å². The Morgan fingerprint density at radius 3 is 2.39 bits per heavy atom. The molecule has 0 amide bonds. The fraction of sp³-hybridized carbons (Fsp3) is 0.500. The first-order valence-corrected chi connectivity index (χ1v) is 7.90. The van der Waals surface area contributed by atoms with Gasteiger partial charge in [0.2, 0.25) is 0 Å². The summed E-state index contributed by atoms with van der Waals surface area (Å²) in [7, 11) is 1.97. The first-order valence-electron chi connectivity index (χ1n) is 6.29. The van der Waals surface area contributed by atoms with E-state index in [9.17, 15) is 0 Å². The van der Waals surface area contributed by atoms with Gasteiger partial charge in [-0.3, -0.25) is 4.99 Å². The van der Waals surface area contributed by atoms with Crippen LogP contribution in [0.15, 0.2) is 29.3 Å². The van der Waals surface area contributed by atoms with Crippen LogP contribution in [0.5, 0.6) is 0 Å². The van der Waals surface area contributed by atoms with Gasteiger partial charge >= 0.3 is 9.28 Å². The maximum Gasteiger partial charge on any atom is 0.323 e. The first kappa shape index (κ1) is 15.1. The van der Waals surface area contributed by atoms with E-state index in [1.807, 2.05) is 6.21 Å². The van der Waals surface area contributed by atoms with Crippen molar-refractivity contribution in [3.63, 3.8) is 0 Å². The second-order valence-electron chi connectivity index (χ2n) is 4.55. The fourth-order valence-corrected chi connectivity index (χ4v) is 3.34. The van der Waals surface area contributed by atoms with Crippen molar-refractivity contribution in [1.29, 1.82) is 0 Å². The molecule has 1 rings (SSSR count). The second-order valence-corrected chi connectivity index (χ2v) is 7.37. The van der Waals surface area contributed by atoms with Crippen molar-refractivity contribution in [3.8, 4) is 0 Å². The van der Waals surface area contributed by atoms with Crippen LogP contribution in [0.2, 0.25) is 5.54 Å². The highest BCUT2D eigenvalue weighted by atomic mass is 28.3. The molecule has 0 saturated heterocycles. The number of hydrogen-bond donors (Lipinski definition) is 0. The smallest absolute Gasteiger partial charge is 0.323 e. The molecule has 0 aromatic heterocycles. The van der Waals surface area contributed by atoms with Crippen LogP contribution in [0.1, 0.15) is 24.5 Å². The van der Waals surface area contributed by atoms with E-state index in [2.05, 4.69) is 43.1 Å². The lowest BCUT2D eigenvalue weighted by Crippen LogP contribution is -2.24. The summed E-state index contributed by atoms with van der Waals surface area (Å²) in [5.41, 5.74) is 2.91. The quantitative estimate of drug-likeness (QED) is 0.560. The number of hydrogen-bond acceptors (Lipinski definition) is 3. The van der Waals surface area contributed by atoms with Crippen LogP contribution < -0.4 is 0 Å². The maximum absolute atomic E-state index is 5.35. The van der Waals surface area contributed by atoms with Crippen LogP contribution in [0.3, 0.4) is 0 Å². The topological polar surface area (TPSA) is 30.8 Å². The monoisotopic (exact) mass is 265 g/mol. The van der Waals surface area contributed by atoms with E-state index in [0.29, 0.717) is 5.54 Å². The predicted molar refractivity (Wildman–Crippen MR) is 78.8 cm³/mol. The molecule has 0 aliphatic carbocycles. The highest BCUT2D eigenvalue weighted by molar-refractivity contribution is 6.46. The zero-order valence-electron chi connectivity index (χ0n) is 11.7. The Kier molecular flexibility index (Phi) is 6.86. The number of nitrogens with zero attached hydrogens (tertiary/aromatic N) is 1. The molecule has 4 heteroatoms. The van der Waals surface area contributed by atoms with Crippen molar-refractivity contribution < 1.29 is 8.85 Å². The molecule has 0 fully saturated rings. The lowest BCUT2D eigenvalue weighted by Gasteiger charge is -2.17. The molecule has 0 bridgehead atoms. The van der Waals surface area contributed by atoms with Crippen molar-refractivity contribution >= 4 is 15.5 Å². The van der Waals surface area contributed by atoms with Crippen LogP contribution in [0.4, 0.5) is 0 Å². The van der Waals surface area contributed by atoms with E-state index in [1.165, 1.54) is 5.56 Å². The molecule has 18 heavy (non-hydrogen) atoms. The summed E-state index contributed by atoms with van der Waals surface area (Å²) in [6.45, 7) is 5.08. The molecule has 0 N–H and O–H groups in total. The van der Waals surface area contributed by atoms with Crippen molar-refractivity contribution in [1.82, 2.24) is 0 Å². The molecule has 0 saturated carbocycles. The Morgan fingerprint density at radius 1 is 1.22 bits per heavy atom. The van der Waals surface area contributed by atoms with Crippen molar-refractivity contribution in [2.24, 2.45) is 4.99 Å². The summed E-state index contributed by atoms with van der Waals surface area (Å²) >= 11 is 0. The summed E-state index contributed by atoms with van der Waals surface area (Å²) in [4.78, 5) is 4.45. The Bertz CT molecular complexity index is 361. The van der Waals surface area contributed by atoms with Crippen LogP contribution in [0.25, 0.3) is 0 Å². The number of rotatable bonds is 7. The van der Waals surface area contributed by atoms with Crippen LogP contribution >= 0.6 is 0 Å². The van der Waals surface area contributed by atoms with Gasteiger partial charge in [-0.2, -0.15) is 0 Å². The molecule has 1 aromatic rings. The molecule has 1 atom stereocenters. The van der Waals surface area contributed by atoms with Gasteiger partial charge < -0.3 is 8.85 Å². The zero-order chi connectivity index (χ0) is 13.4. The van der Waals surface area contributed by atoms with Gasteiger partial charge in [0, 0.05) is 27.0 Å². The van der Waals surface area contributed by atoms with E-state index in [-0.39, 0.29) is 0 Å². The van der Waals surface area contributed by atoms with Crippen molar-refractivity contribution in [2.45, 2.75) is 25.8 Å². The molecule has 0 spiro atoms. The van der Waals surface area contributed by atoms with Crippen LogP contribution in [-0.4, -0.2) is 36.3 Å². The molecule has 3 nitrogen and oxygen atoms in total. The van der Waals surface area contributed by atoms with Gasteiger partial charge in [0.1, 0.15) is 0 Å². The van der Waals surface area contributed by atoms with Gasteiger partial charge in [-0.25, -0.2) is 0 Å².